The highest BCUT2D eigenvalue weighted by atomic mass is 16.6. The Balaban J connectivity index is 2.12. The van der Waals surface area contributed by atoms with E-state index in [0.717, 1.165) is 43.5 Å². The second-order valence-electron chi connectivity index (χ2n) is 8.93. The van der Waals surface area contributed by atoms with E-state index >= 15 is 0 Å². The molecule has 1 aromatic rings. The van der Waals surface area contributed by atoms with Crippen LogP contribution in [0.25, 0.3) is 0 Å². The van der Waals surface area contributed by atoms with Gasteiger partial charge in [0, 0.05) is 24.4 Å². The van der Waals surface area contributed by atoms with Crippen molar-refractivity contribution in [2.45, 2.75) is 85.0 Å². The maximum atomic E-state index is 12.9. The van der Waals surface area contributed by atoms with Gasteiger partial charge in [0.25, 0.3) is 0 Å². The summed E-state index contributed by atoms with van der Waals surface area (Å²) in [5.41, 5.74) is 1.42. The van der Waals surface area contributed by atoms with Gasteiger partial charge < -0.3 is 14.4 Å². The van der Waals surface area contributed by atoms with Gasteiger partial charge in [-0.1, -0.05) is 50.6 Å². The molecule has 0 aliphatic carbocycles. The van der Waals surface area contributed by atoms with Gasteiger partial charge in [-0.3, -0.25) is 4.79 Å². The van der Waals surface area contributed by atoms with Crippen LogP contribution in [0.1, 0.15) is 72.3 Å². The van der Waals surface area contributed by atoms with Gasteiger partial charge in [0.1, 0.15) is 12.2 Å². The van der Waals surface area contributed by atoms with Crippen molar-refractivity contribution in [2.24, 2.45) is 5.92 Å². The highest BCUT2D eigenvalue weighted by Gasteiger charge is 2.36. The van der Waals surface area contributed by atoms with Gasteiger partial charge >= 0.3 is 11.9 Å². The van der Waals surface area contributed by atoms with E-state index in [1.165, 1.54) is 0 Å². The van der Waals surface area contributed by atoms with Crippen LogP contribution in [0.4, 0.5) is 0 Å². The Kier molecular flexibility index (Phi) is 8.94. The summed E-state index contributed by atoms with van der Waals surface area (Å²) in [5.74, 6) is -0.700. The molecule has 0 spiro atoms. The lowest BCUT2D eigenvalue weighted by Crippen LogP contribution is -2.43. The van der Waals surface area contributed by atoms with Crippen molar-refractivity contribution >= 4 is 11.9 Å². The molecule has 30 heavy (non-hydrogen) atoms. The summed E-state index contributed by atoms with van der Waals surface area (Å²) in [6.07, 6.45) is 5.97. The fourth-order valence-corrected chi connectivity index (χ4v) is 4.00. The maximum Gasteiger partial charge on any atom is 0.332 e. The van der Waals surface area contributed by atoms with Gasteiger partial charge in [-0.05, 0) is 52.0 Å². The maximum absolute atomic E-state index is 12.9. The van der Waals surface area contributed by atoms with E-state index in [0.29, 0.717) is 6.42 Å². The van der Waals surface area contributed by atoms with Crippen molar-refractivity contribution in [1.29, 1.82) is 0 Å². The van der Waals surface area contributed by atoms with Gasteiger partial charge in [-0.2, -0.15) is 0 Å². The summed E-state index contributed by atoms with van der Waals surface area (Å²) in [7, 11) is 0. The zero-order chi connectivity index (χ0) is 22.1. The van der Waals surface area contributed by atoms with Crippen LogP contribution in [0.2, 0.25) is 0 Å². The Morgan fingerprint density at radius 1 is 1.17 bits per heavy atom. The molecule has 2 rings (SSSR count). The number of benzene rings is 1. The number of carbonyl (C=O) groups is 2. The molecule has 0 radical (unpaired) electrons. The van der Waals surface area contributed by atoms with E-state index in [2.05, 4.69) is 11.8 Å². The third-order valence-electron chi connectivity index (χ3n) is 5.31. The molecule has 2 atom stereocenters. The van der Waals surface area contributed by atoms with Crippen molar-refractivity contribution in [3.8, 4) is 0 Å². The van der Waals surface area contributed by atoms with Crippen molar-refractivity contribution in [3.63, 3.8) is 0 Å². The molecular formula is C25H37NO4. The minimum atomic E-state index is -0.508. The Bertz CT molecular complexity index is 720. The minimum absolute atomic E-state index is 0.0329. The molecule has 5 heteroatoms. The van der Waals surface area contributed by atoms with Gasteiger partial charge in [0.15, 0.2) is 0 Å². The first-order chi connectivity index (χ1) is 14.2. The van der Waals surface area contributed by atoms with E-state index in [1.807, 2.05) is 58.0 Å². The molecular weight excluding hydrogens is 378 g/mol. The smallest absolute Gasteiger partial charge is 0.332 e. The Morgan fingerprint density at radius 3 is 2.47 bits per heavy atom. The second-order valence-corrected chi connectivity index (χ2v) is 8.93. The predicted octanol–water partition coefficient (Wildman–Crippen LogP) is 5.25. The van der Waals surface area contributed by atoms with E-state index < -0.39 is 5.60 Å². The Labute approximate surface area is 181 Å². The largest absolute Gasteiger partial charge is 0.460 e. The third-order valence-corrected chi connectivity index (χ3v) is 5.31. The second kappa shape index (κ2) is 11.2. The zero-order valence-corrected chi connectivity index (χ0v) is 19.1. The van der Waals surface area contributed by atoms with Gasteiger partial charge in [0.05, 0.1) is 5.92 Å². The van der Waals surface area contributed by atoms with Crippen molar-refractivity contribution < 1.29 is 19.1 Å². The molecule has 0 unspecified atom stereocenters. The van der Waals surface area contributed by atoms with Crippen LogP contribution in [0, 0.1) is 5.92 Å². The lowest BCUT2D eigenvalue weighted by molar-refractivity contribution is -0.162. The van der Waals surface area contributed by atoms with Crippen LogP contribution < -0.4 is 0 Å². The summed E-state index contributed by atoms with van der Waals surface area (Å²) < 4.78 is 11.1. The molecule has 0 bridgehead atoms. The number of hydrogen-bond donors (Lipinski definition) is 0. The number of esters is 2. The lowest BCUT2D eigenvalue weighted by Gasteiger charge is -2.36. The van der Waals surface area contributed by atoms with Gasteiger partial charge in [-0.25, -0.2) is 4.79 Å². The van der Waals surface area contributed by atoms with Gasteiger partial charge in [0.2, 0.25) is 0 Å². The summed E-state index contributed by atoms with van der Waals surface area (Å²) in [5, 5.41) is 0. The highest BCUT2D eigenvalue weighted by molar-refractivity contribution is 5.82. The average molecular weight is 416 g/mol. The Morgan fingerprint density at radius 2 is 1.87 bits per heavy atom. The van der Waals surface area contributed by atoms with Gasteiger partial charge in [-0.15, -0.1) is 0 Å². The van der Waals surface area contributed by atoms with Crippen molar-refractivity contribution in [1.82, 2.24) is 4.90 Å². The number of nitrogens with zero attached hydrogens (tertiary/aromatic N) is 1. The number of hydrogen-bond acceptors (Lipinski definition) is 5. The highest BCUT2D eigenvalue weighted by Crippen LogP contribution is 2.32. The minimum Gasteiger partial charge on any atom is -0.460 e. The normalized spacial score (nSPS) is 17.6. The first-order valence-electron chi connectivity index (χ1n) is 11.2. The summed E-state index contributed by atoms with van der Waals surface area (Å²) >= 11 is 0. The summed E-state index contributed by atoms with van der Waals surface area (Å²) in [6, 6.07) is 9.70. The molecule has 0 saturated carbocycles. The molecule has 166 valence electrons. The number of rotatable bonds is 9. The molecule has 1 fully saturated rings. The van der Waals surface area contributed by atoms with Crippen molar-refractivity contribution in [2.75, 3.05) is 6.54 Å². The number of allylic oxidation sites excluding steroid dienone is 1. The lowest BCUT2D eigenvalue weighted by atomic mass is 9.91. The Hall–Kier alpha value is -2.30. The van der Waals surface area contributed by atoms with E-state index in [4.69, 9.17) is 9.47 Å². The summed E-state index contributed by atoms with van der Waals surface area (Å²) in [6.45, 7) is 11.0. The fraction of sp³-hybridized carbons (Fsp3) is 0.600. The van der Waals surface area contributed by atoms with Crippen LogP contribution in [-0.4, -0.2) is 35.0 Å². The third kappa shape index (κ3) is 7.19. The molecule has 0 amide bonds. The molecule has 1 aliphatic heterocycles. The molecule has 1 heterocycles. The first kappa shape index (κ1) is 24.0. The zero-order valence-electron chi connectivity index (χ0n) is 19.1. The molecule has 0 N–H and O–H groups in total. The predicted molar refractivity (Wildman–Crippen MR) is 119 cm³/mol. The monoisotopic (exact) mass is 415 g/mol. The SMILES string of the molecule is CCC[C@H]([C@H](CC)C(=O)OC(C)(C)C)N1CCC/C1=C\C(=O)OCc1ccccc1. The molecule has 5 nitrogen and oxygen atoms in total. The molecule has 1 aromatic carbocycles. The average Bonchev–Trinajstić information content (AvgIpc) is 3.13. The quantitative estimate of drug-likeness (QED) is 0.407. The van der Waals surface area contributed by atoms with Crippen LogP contribution >= 0.6 is 0 Å². The fourth-order valence-electron chi connectivity index (χ4n) is 4.00. The van der Waals surface area contributed by atoms with Crippen LogP contribution in [0.3, 0.4) is 0 Å². The van der Waals surface area contributed by atoms with E-state index in [1.54, 1.807) is 6.08 Å². The first-order valence-corrected chi connectivity index (χ1v) is 11.2. The number of likely N-dealkylation sites (tertiary alicyclic amines) is 1. The van der Waals surface area contributed by atoms with Crippen LogP contribution in [0.15, 0.2) is 42.1 Å². The molecule has 1 aliphatic rings. The number of carbonyl (C=O) groups excluding carboxylic acids is 2. The van der Waals surface area contributed by atoms with E-state index in [9.17, 15) is 9.59 Å². The standard InChI is InChI=1S/C25H37NO4/c1-6-12-22(21(7-2)24(28)30-25(3,4)5)26-16-11-15-20(26)17-23(27)29-18-19-13-9-8-10-14-19/h8-10,13-14,17,21-22H,6-7,11-12,15-16,18H2,1-5H3/b20-17+/t21-,22+/m0/s1. The van der Waals surface area contributed by atoms with Crippen molar-refractivity contribution in [3.05, 3.63) is 47.7 Å². The van der Waals surface area contributed by atoms with E-state index in [-0.39, 0.29) is 30.5 Å². The topological polar surface area (TPSA) is 55.8 Å². The van der Waals surface area contributed by atoms with Crippen LogP contribution in [-0.2, 0) is 25.7 Å². The molecule has 1 saturated heterocycles. The summed E-state index contributed by atoms with van der Waals surface area (Å²) in [4.78, 5) is 27.6. The molecule has 0 aromatic heterocycles. The van der Waals surface area contributed by atoms with Crippen LogP contribution in [0.5, 0.6) is 0 Å². The number of ether oxygens (including phenoxy) is 2.